The maximum absolute atomic E-state index is 12.8. The Labute approximate surface area is 114 Å². The zero-order valence-electron chi connectivity index (χ0n) is 10.9. The van der Waals surface area contributed by atoms with E-state index in [0.29, 0.717) is 10.9 Å². The van der Waals surface area contributed by atoms with Crippen molar-refractivity contribution in [2.24, 2.45) is 0 Å². The van der Waals surface area contributed by atoms with Gasteiger partial charge in [0.2, 0.25) is 0 Å². The number of alkyl halides is 2. The number of ether oxygens (including phenoxy) is 1. The number of para-hydroxylation sites is 1. The number of nitrogens with zero attached hydrogens (tertiary/aromatic N) is 2. The molecule has 0 spiro atoms. The summed E-state index contributed by atoms with van der Waals surface area (Å²) in [5, 5.41) is 13.1. The van der Waals surface area contributed by atoms with Crippen molar-refractivity contribution in [3.8, 4) is 0 Å². The second-order valence-electron chi connectivity index (χ2n) is 4.24. The van der Waals surface area contributed by atoms with Gasteiger partial charge in [-0.2, -0.15) is 0 Å². The van der Waals surface area contributed by atoms with E-state index in [9.17, 15) is 13.9 Å². The van der Waals surface area contributed by atoms with Crippen LogP contribution in [0.15, 0.2) is 24.3 Å². The fourth-order valence-electron chi connectivity index (χ4n) is 1.79. The number of aliphatic hydroxyl groups excluding tert-OH is 1. The lowest BCUT2D eigenvalue weighted by molar-refractivity contribution is 0.0727. The van der Waals surface area contributed by atoms with Crippen LogP contribution in [0, 0.1) is 0 Å². The van der Waals surface area contributed by atoms with Gasteiger partial charge in [0, 0.05) is 19.0 Å². The highest BCUT2D eigenvalue weighted by atomic mass is 19.3. The van der Waals surface area contributed by atoms with Crippen LogP contribution in [0.2, 0.25) is 0 Å². The molecule has 108 valence electrons. The predicted molar refractivity (Wildman–Crippen MR) is 70.9 cm³/mol. The minimum atomic E-state index is -2.75. The molecule has 1 heterocycles. The molecule has 20 heavy (non-hydrogen) atoms. The lowest BCUT2D eigenvalue weighted by atomic mass is 10.2. The summed E-state index contributed by atoms with van der Waals surface area (Å²) in [5.41, 5.74) is 0.432. The first kappa shape index (κ1) is 14.5. The van der Waals surface area contributed by atoms with Crippen molar-refractivity contribution < 1.29 is 18.6 Å². The molecule has 2 rings (SSSR count). The molecular weight excluding hydrogens is 268 g/mol. The monoisotopic (exact) mass is 283 g/mol. The predicted octanol–water partition coefficient (Wildman–Crippen LogP) is 1.99. The van der Waals surface area contributed by atoms with Gasteiger partial charge in [0.05, 0.1) is 18.2 Å². The summed E-state index contributed by atoms with van der Waals surface area (Å²) in [6.45, 7) is 0.301. The number of aromatic nitrogens is 2. The maximum Gasteiger partial charge on any atom is 0.297 e. The van der Waals surface area contributed by atoms with Crippen molar-refractivity contribution >= 4 is 16.7 Å². The maximum atomic E-state index is 12.8. The van der Waals surface area contributed by atoms with E-state index >= 15 is 0 Å². The van der Waals surface area contributed by atoms with E-state index in [1.807, 2.05) is 0 Å². The zero-order valence-corrected chi connectivity index (χ0v) is 10.9. The van der Waals surface area contributed by atoms with Crippen LogP contribution in [0.3, 0.4) is 0 Å². The van der Waals surface area contributed by atoms with Crippen LogP contribution in [0.25, 0.3) is 10.9 Å². The third-order valence-electron chi connectivity index (χ3n) is 2.68. The summed E-state index contributed by atoms with van der Waals surface area (Å²) in [4.78, 5) is 7.62. The molecule has 0 saturated heterocycles. The fraction of sp³-hybridized carbons (Fsp3) is 0.385. The molecule has 0 fully saturated rings. The van der Waals surface area contributed by atoms with Crippen LogP contribution in [-0.2, 0) is 4.74 Å². The molecule has 1 atom stereocenters. The number of nitrogens with one attached hydrogen (secondary N) is 1. The van der Waals surface area contributed by atoms with Gasteiger partial charge in [0.1, 0.15) is 5.82 Å². The van der Waals surface area contributed by atoms with Crippen LogP contribution in [0.4, 0.5) is 14.6 Å². The van der Waals surface area contributed by atoms with E-state index < -0.39 is 18.4 Å². The van der Waals surface area contributed by atoms with Gasteiger partial charge in [-0.1, -0.05) is 12.1 Å². The Morgan fingerprint density at radius 2 is 2.05 bits per heavy atom. The summed E-state index contributed by atoms with van der Waals surface area (Å²) in [7, 11) is 1.47. The largest absolute Gasteiger partial charge is 0.389 e. The standard InChI is InChI=1S/C13H15F2N3O2/c1-20-7-8(19)6-16-12-9-4-2-3-5-10(9)17-13(18-12)11(14)15/h2-5,8,11,19H,6-7H2,1H3,(H,16,17,18). The van der Waals surface area contributed by atoms with Crippen LogP contribution < -0.4 is 5.32 Å². The number of hydrogen-bond donors (Lipinski definition) is 2. The molecule has 0 amide bonds. The van der Waals surface area contributed by atoms with Gasteiger partial charge in [-0.25, -0.2) is 18.7 Å². The summed E-state index contributed by atoms with van der Waals surface area (Å²) < 4.78 is 30.3. The molecule has 0 aliphatic rings. The van der Waals surface area contributed by atoms with E-state index in [1.54, 1.807) is 24.3 Å². The third-order valence-corrected chi connectivity index (χ3v) is 2.68. The smallest absolute Gasteiger partial charge is 0.297 e. The average molecular weight is 283 g/mol. The van der Waals surface area contributed by atoms with E-state index in [0.717, 1.165) is 0 Å². The number of rotatable bonds is 6. The minimum Gasteiger partial charge on any atom is -0.389 e. The molecule has 0 bridgehead atoms. The first-order valence-corrected chi connectivity index (χ1v) is 6.07. The molecule has 2 N–H and O–H groups in total. The zero-order chi connectivity index (χ0) is 14.5. The number of benzene rings is 1. The number of aliphatic hydroxyl groups is 1. The Morgan fingerprint density at radius 1 is 1.30 bits per heavy atom. The summed E-state index contributed by atoms with van der Waals surface area (Å²) in [6, 6.07) is 6.86. The van der Waals surface area contributed by atoms with Crippen molar-refractivity contribution in [1.29, 1.82) is 0 Å². The van der Waals surface area contributed by atoms with Crippen molar-refractivity contribution in [3.05, 3.63) is 30.1 Å². The molecule has 0 aliphatic heterocycles. The number of methoxy groups -OCH3 is 1. The van der Waals surface area contributed by atoms with Crippen molar-refractivity contribution in [3.63, 3.8) is 0 Å². The van der Waals surface area contributed by atoms with Crippen LogP contribution >= 0.6 is 0 Å². The third kappa shape index (κ3) is 3.37. The van der Waals surface area contributed by atoms with Crippen LogP contribution in [0.1, 0.15) is 12.2 Å². The van der Waals surface area contributed by atoms with Crippen molar-refractivity contribution in [2.45, 2.75) is 12.5 Å². The number of halogens is 2. The van der Waals surface area contributed by atoms with Gasteiger partial charge >= 0.3 is 0 Å². The van der Waals surface area contributed by atoms with E-state index in [4.69, 9.17) is 4.74 Å². The molecule has 1 unspecified atom stereocenters. The quantitative estimate of drug-likeness (QED) is 0.848. The molecule has 2 aromatic rings. The lowest BCUT2D eigenvalue weighted by Crippen LogP contribution is -2.24. The highest BCUT2D eigenvalue weighted by molar-refractivity contribution is 5.88. The second kappa shape index (κ2) is 6.53. The molecule has 5 nitrogen and oxygen atoms in total. The van der Waals surface area contributed by atoms with E-state index in [1.165, 1.54) is 7.11 Å². The van der Waals surface area contributed by atoms with E-state index in [-0.39, 0.29) is 19.0 Å². The Bertz CT molecular complexity index is 581. The Kier molecular flexibility index (Phi) is 4.75. The van der Waals surface area contributed by atoms with Gasteiger partial charge in [0.25, 0.3) is 6.43 Å². The van der Waals surface area contributed by atoms with Gasteiger partial charge in [-0.3, -0.25) is 0 Å². The van der Waals surface area contributed by atoms with Gasteiger partial charge in [0.15, 0.2) is 5.82 Å². The molecule has 0 radical (unpaired) electrons. The summed E-state index contributed by atoms with van der Waals surface area (Å²) >= 11 is 0. The van der Waals surface area contributed by atoms with Gasteiger partial charge in [-0.05, 0) is 12.1 Å². The van der Waals surface area contributed by atoms with Gasteiger partial charge in [-0.15, -0.1) is 0 Å². The fourth-order valence-corrected chi connectivity index (χ4v) is 1.79. The molecule has 1 aromatic heterocycles. The molecule has 0 aliphatic carbocycles. The first-order valence-electron chi connectivity index (χ1n) is 6.07. The number of anilines is 1. The Balaban J connectivity index is 2.30. The Hall–Kier alpha value is -1.86. The normalized spacial score (nSPS) is 12.8. The topological polar surface area (TPSA) is 67.3 Å². The molecule has 1 aromatic carbocycles. The molecular formula is C13H15F2N3O2. The Morgan fingerprint density at radius 3 is 2.75 bits per heavy atom. The first-order chi connectivity index (χ1) is 9.61. The lowest BCUT2D eigenvalue weighted by Gasteiger charge is -2.13. The van der Waals surface area contributed by atoms with E-state index in [2.05, 4.69) is 15.3 Å². The van der Waals surface area contributed by atoms with Gasteiger partial charge < -0.3 is 15.2 Å². The average Bonchev–Trinajstić information content (AvgIpc) is 2.44. The van der Waals surface area contributed by atoms with Crippen molar-refractivity contribution in [2.75, 3.05) is 25.6 Å². The summed E-state index contributed by atoms with van der Waals surface area (Å²) in [6.07, 6.45) is -3.49. The second-order valence-corrected chi connectivity index (χ2v) is 4.24. The number of hydrogen-bond acceptors (Lipinski definition) is 5. The SMILES string of the molecule is COCC(O)CNc1nc(C(F)F)nc2ccccc12. The van der Waals surface area contributed by atoms with Crippen molar-refractivity contribution in [1.82, 2.24) is 9.97 Å². The summed E-state index contributed by atoms with van der Waals surface area (Å²) in [5.74, 6) is -0.256. The highest BCUT2D eigenvalue weighted by Gasteiger charge is 2.15. The number of fused-ring (bicyclic) bond motifs is 1. The minimum absolute atomic E-state index is 0.150. The molecule has 0 saturated carbocycles. The van der Waals surface area contributed by atoms with Crippen LogP contribution in [-0.4, -0.2) is 41.4 Å². The van der Waals surface area contributed by atoms with Crippen LogP contribution in [0.5, 0.6) is 0 Å². The highest BCUT2D eigenvalue weighted by Crippen LogP contribution is 2.24. The molecule has 7 heteroatoms.